The molecule has 2 N–H and O–H groups in total. The lowest BCUT2D eigenvalue weighted by molar-refractivity contribution is -0.0999. The van der Waals surface area contributed by atoms with Crippen molar-refractivity contribution in [1.29, 1.82) is 0 Å². The van der Waals surface area contributed by atoms with Gasteiger partial charge in [-0.25, -0.2) is 0 Å². The molecule has 1 saturated heterocycles. The van der Waals surface area contributed by atoms with Gasteiger partial charge >= 0.3 is 0 Å². The van der Waals surface area contributed by atoms with Crippen LogP contribution in [0.2, 0.25) is 0 Å². The van der Waals surface area contributed by atoms with Gasteiger partial charge in [0.25, 0.3) is 0 Å². The van der Waals surface area contributed by atoms with Crippen molar-refractivity contribution in [2.75, 3.05) is 13.1 Å². The number of piperidine rings is 1. The first-order chi connectivity index (χ1) is 9.89. The van der Waals surface area contributed by atoms with E-state index in [0.717, 1.165) is 38.0 Å². The lowest BCUT2D eigenvalue weighted by Crippen LogP contribution is -2.51. The zero-order valence-corrected chi connectivity index (χ0v) is 13.2. The van der Waals surface area contributed by atoms with E-state index in [1.807, 2.05) is 12.1 Å². The van der Waals surface area contributed by atoms with Crippen LogP contribution in [0.25, 0.3) is 10.9 Å². The standard InChI is InChI=1S/C17H25N3O/c1-16(2,3)17(21)8-10-20(11-9-17)12-15-13-6-4-5-7-14(13)18-19-15/h4-7,21H,8-12H2,1-3H3,(H,18,19). The van der Waals surface area contributed by atoms with E-state index in [9.17, 15) is 5.11 Å². The minimum atomic E-state index is -0.542. The van der Waals surface area contributed by atoms with Crippen molar-refractivity contribution in [2.24, 2.45) is 5.41 Å². The number of hydrogen-bond acceptors (Lipinski definition) is 3. The summed E-state index contributed by atoms with van der Waals surface area (Å²) in [6.45, 7) is 9.13. The molecule has 0 aliphatic carbocycles. The van der Waals surface area contributed by atoms with Crippen LogP contribution in [-0.2, 0) is 6.54 Å². The van der Waals surface area contributed by atoms with E-state index >= 15 is 0 Å². The zero-order valence-electron chi connectivity index (χ0n) is 13.2. The third-order valence-electron chi connectivity index (χ3n) is 5.00. The highest BCUT2D eigenvalue weighted by Crippen LogP contribution is 2.38. The van der Waals surface area contributed by atoms with Crippen LogP contribution < -0.4 is 0 Å². The van der Waals surface area contributed by atoms with Gasteiger partial charge in [-0.1, -0.05) is 39.0 Å². The lowest BCUT2D eigenvalue weighted by Gasteiger charge is -2.46. The van der Waals surface area contributed by atoms with Crippen LogP contribution in [0.15, 0.2) is 24.3 Å². The summed E-state index contributed by atoms with van der Waals surface area (Å²) in [7, 11) is 0. The molecule has 1 aliphatic rings. The molecule has 0 bridgehead atoms. The minimum Gasteiger partial charge on any atom is -0.389 e. The highest BCUT2D eigenvalue weighted by molar-refractivity contribution is 5.81. The van der Waals surface area contributed by atoms with Gasteiger partial charge in [0, 0.05) is 25.0 Å². The Balaban J connectivity index is 1.69. The Bertz CT molecular complexity index is 618. The fraction of sp³-hybridized carbons (Fsp3) is 0.588. The van der Waals surface area contributed by atoms with Crippen LogP contribution >= 0.6 is 0 Å². The predicted molar refractivity (Wildman–Crippen MR) is 85.0 cm³/mol. The number of aromatic amines is 1. The van der Waals surface area contributed by atoms with Crippen LogP contribution in [0.3, 0.4) is 0 Å². The van der Waals surface area contributed by atoms with E-state index in [4.69, 9.17) is 0 Å². The molecule has 1 aromatic carbocycles. The average Bonchev–Trinajstić information content (AvgIpc) is 2.84. The number of likely N-dealkylation sites (tertiary alicyclic amines) is 1. The smallest absolute Gasteiger partial charge is 0.0924 e. The Labute approximate surface area is 126 Å². The van der Waals surface area contributed by atoms with Crippen molar-refractivity contribution in [3.05, 3.63) is 30.0 Å². The monoisotopic (exact) mass is 287 g/mol. The molecule has 0 radical (unpaired) electrons. The van der Waals surface area contributed by atoms with Gasteiger partial charge in [0.1, 0.15) is 0 Å². The first-order valence-electron chi connectivity index (χ1n) is 7.76. The maximum atomic E-state index is 10.8. The highest BCUT2D eigenvalue weighted by Gasteiger charge is 2.42. The highest BCUT2D eigenvalue weighted by atomic mass is 16.3. The Kier molecular flexibility index (Phi) is 3.54. The van der Waals surface area contributed by atoms with Crippen molar-refractivity contribution in [3.63, 3.8) is 0 Å². The summed E-state index contributed by atoms with van der Waals surface area (Å²) in [6.07, 6.45) is 1.67. The molecule has 4 nitrogen and oxygen atoms in total. The van der Waals surface area contributed by atoms with E-state index in [1.54, 1.807) is 0 Å². The van der Waals surface area contributed by atoms with Crippen molar-refractivity contribution < 1.29 is 5.11 Å². The summed E-state index contributed by atoms with van der Waals surface area (Å²) in [5.74, 6) is 0. The van der Waals surface area contributed by atoms with Gasteiger partial charge in [0.05, 0.1) is 16.8 Å². The molecule has 1 aliphatic heterocycles. The Morgan fingerprint density at radius 3 is 2.57 bits per heavy atom. The molecule has 0 unspecified atom stereocenters. The SMILES string of the molecule is CC(C)(C)C1(O)CCN(Cc2[nH]nc3ccccc23)CC1. The number of aliphatic hydroxyl groups is 1. The summed E-state index contributed by atoms with van der Waals surface area (Å²) in [4.78, 5) is 2.40. The fourth-order valence-electron chi connectivity index (χ4n) is 3.19. The number of nitrogens with zero attached hydrogens (tertiary/aromatic N) is 2. The average molecular weight is 287 g/mol. The number of benzene rings is 1. The van der Waals surface area contributed by atoms with E-state index in [1.165, 1.54) is 11.1 Å². The molecule has 0 spiro atoms. The van der Waals surface area contributed by atoms with Crippen LogP contribution in [0.1, 0.15) is 39.3 Å². The van der Waals surface area contributed by atoms with Gasteiger partial charge in [0.2, 0.25) is 0 Å². The third kappa shape index (κ3) is 2.70. The van der Waals surface area contributed by atoms with Gasteiger partial charge in [-0.15, -0.1) is 0 Å². The number of fused-ring (bicyclic) bond motifs is 1. The van der Waals surface area contributed by atoms with E-state index in [2.05, 4.69) is 48.0 Å². The van der Waals surface area contributed by atoms with Crippen molar-refractivity contribution in [3.8, 4) is 0 Å². The number of hydrogen-bond donors (Lipinski definition) is 2. The molecule has 0 saturated carbocycles. The quantitative estimate of drug-likeness (QED) is 0.893. The molecule has 2 aromatic rings. The molecule has 114 valence electrons. The molecule has 4 heteroatoms. The largest absolute Gasteiger partial charge is 0.389 e. The molecule has 21 heavy (non-hydrogen) atoms. The summed E-state index contributed by atoms with van der Waals surface area (Å²) in [5, 5.41) is 19.5. The van der Waals surface area contributed by atoms with E-state index in [0.29, 0.717) is 0 Å². The maximum Gasteiger partial charge on any atom is 0.0924 e. The van der Waals surface area contributed by atoms with Gasteiger partial charge in [-0.05, 0) is 24.3 Å². The van der Waals surface area contributed by atoms with Crippen LogP contribution in [0, 0.1) is 5.41 Å². The van der Waals surface area contributed by atoms with Crippen molar-refractivity contribution in [1.82, 2.24) is 15.1 Å². The number of aromatic nitrogens is 2. The Morgan fingerprint density at radius 1 is 1.24 bits per heavy atom. The first-order valence-corrected chi connectivity index (χ1v) is 7.76. The number of nitrogens with one attached hydrogen (secondary N) is 1. The van der Waals surface area contributed by atoms with Crippen LogP contribution in [0.4, 0.5) is 0 Å². The second-order valence-electron chi connectivity index (χ2n) is 7.28. The number of rotatable bonds is 2. The maximum absolute atomic E-state index is 10.8. The molecular weight excluding hydrogens is 262 g/mol. The van der Waals surface area contributed by atoms with Crippen LogP contribution in [0.5, 0.6) is 0 Å². The van der Waals surface area contributed by atoms with Gasteiger partial charge in [-0.2, -0.15) is 5.10 Å². The molecule has 1 aromatic heterocycles. The lowest BCUT2D eigenvalue weighted by atomic mass is 9.71. The summed E-state index contributed by atoms with van der Waals surface area (Å²) in [5.41, 5.74) is 1.60. The molecule has 0 atom stereocenters. The van der Waals surface area contributed by atoms with Crippen molar-refractivity contribution >= 4 is 10.9 Å². The summed E-state index contributed by atoms with van der Waals surface area (Å²) < 4.78 is 0. The Morgan fingerprint density at radius 2 is 1.90 bits per heavy atom. The Hall–Kier alpha value is -1.39. The zero-order chi connectivity index (χ0) is 15.1. The third-order valence-corrected chi connectivity index (χ3v) is 5.00. The first kappa shape index (κ1) is 14.5. The molecule has 1 fully saturated rings. The second-order valence-corrected chi connectivity index (χ2v) is 7.28. The number of H-pyrrole nitrogens is 1. The number of para-hydroxylation sites is 1. The fourth-order valence-corrected chi connectivity index (χ4v) is 3.19. The normalized spacial score (nSPS) is 20.0. The summed E-state index contributed by atoms with van der Waals surface area (Å²) >= 11 is 0. The van der Waals surface area contributed by atoms with Crippen molar-refractivity contribution in [2.45, 2.75) is 45.8 Å². The molecule has 3 rings (SSSR count). The molecular formula is C17H25N3O. The minimum absolute atomic E-state index is 0.0558. The topological polar surface area (TPSA) is 52.1 Å². The van der Waals surface area contributed by atoms with Crippen LogP contribution in [-0.4, -0.2) is 38.9 Å². The van der Waals surface area contributed by atoms with Gasteiger partial charge in [0.15, 0.2) is 0 Å². The molecule has 2 heterocycles. The molecule has 0 amide bonds. The van der Waals surface area contributed by atoms with Gasteiger partial charge < -0.3 is 5.11 Å². The predicted octanol–water partition coefficient (Wildman–Crippen LogP) is 2.94. The second kappa shape index (κ2) is 5.11. The van der Waals surface area contributed by atoms with Gasteiger partial charge in [-0.3, -0.25) is 10.00 Å². The summed E-state index contributed by atoms with van der Waals surface area (Å²) in [6, 6.07) is 8.21. The van der Waals surface area contributed by atoms with E-state index in [-0.39, 0.29) is 5.41 Å². The van der Waals surface area contributed by atoms with E-state index < -0.39 is 5.60 Å².